The second-order valence-corrected chi connectivity index (χ2v) is 4.31. The highest BCUT2D eigenvalue weighted by Gasteiger charge is 2.24. The number of aliphatic hydroxyl groups excluding tert-OH is 1. The molecule has 1 saturated carbocycles. The maximum absolute atomic E-state index is 10.9. The Morgan fingerprint density at radius 3 is 2.67 bits per heavy atom. The van der Waals surface area contributed by atoms with Gasteiger partial charge in [-0.1, -0.05) is 0 Å². The van der Waals surface area contributed by atoms with Crippen LogP contribution < -0.4 is 0 Å². The number of rotatable bonds is 3. The normalized spacial score (nSPS) is 22.7. The predicted molar refractivity (Wildman–Crippen MR) is 51.4 cm³/mol. The highest BCUT2D eigenvalue weighted by Crippen LogP contribution is 2.25. The van der Waals surface area contributed by atoms with Crippen LogP contribution in [0.1, 0.15) is 25.7 Å². The van der Waals surface area contributed by atoms with Crippen molar-refractivity contribution in [2.75, 3.05) is 12.0 Å². The van der Waals surface area contributed by atoms with Gasteiger partial charge in [-0.3, -0.25) is 4.79 Å². The Bertz CT molecular complexity index is 149. The van der Waals surface area contributed by atoms with Crippen molar-refractivity contribution in [3.63, 3.8) is 0 Å². The van der Waals surface area contributed by atoms with E-state index in [4.69, 9.17) is 0 Å². The molecule has 1 unspecified atom stereocenters. The molecule has 0 aromatic rings. The highest BCUT2D eigenvalue weighted by atomic mass is 32.2. The Hall–Kier alpha value is -0.0200. The number of hydrogen-bond acceptors (Lipinski definition) is 3. The first-order chi connectivity index (χ1) is 5.74. The Kier molecular flexibility index (Phi) is 4.09. The Labute approximate surface area is 77.7 Å². The standard InChI is InChI=1S/C9H16O2S/c1-12-6-9(11)7-2-4-8(10)5-3-7/h7,9,11H,2-6H2,1H3. The molecule has 12 heavy (non-hydrogen) atoms. The van der Waals surface area contributed by atoms with Gasteiger partial charge < -0.3 is 5.11 Å². The quantitative estimate of drug-likeness (QED) is 0.728. The van der Waals surface area contributed by atoms with Gasteiger partial charge in [-0.25, -0.2) is 0 Å². The van der Waals surface area contributed by atoms with E-state index in [2.05, 4.69) is 0 Å². The Morgan fingerprint density at radius 1 is 1.58 bits per heavy atom. The number of ketones is 1. The molecule has 0 bridgehead atoms. The van der Waals surface area contributed by atoms with E-state index in [1.807, 2.05) is 6.26 Å². The molecule has 0 spiro atoms. The molecule has 0 aliphatic heterocycles. The molecule has 1 rings (SSSR count). The number of thioether (sulfide) groups is 1. The largest absolute Gasteiger partial charge is 0.392 e. The van der Waals surface area contributed by atoms with Crippen LogP contribution in [0.3, 0.4) is 0 Å². The smallest absolute Gasteiger partial charge is 0.132 e. The molecule has 0 saturated heterocycles. The van der Waals surface area contributed by atoms with Crippen LogP contribution in [0.15, 0.2) is 0 Å². The van der Waals surface area contributed by atoms with E-state index in [0.29, 0.717) is 24.5 Å². The van der Waals surface area contributed by atoms with E-state index in [1.54, 1.807) is 11.8 Å². The number of carbonyl (C=O) groups is 1. The zero-order valence-corrected chi connectivity index (χ0v) is 8.27. The molecule has 1 fully saturated rings. The SMILES string of the molecule is CSCC(O)C1CCC(=O)CC1. The molecule has 0 heterocycles. The summed E-state index contributed by atoms with van der Waals surface area (Å²) in [7, 11) is 0. The van der Waals surface area contributed by atoms with Gasteiger partial charge in [0.05, 0.1) is 6.10 Å². The molecular weight excluding hydrogens is 172 g/mol. The first-order valence-electron chi connectivity index (χ1n) is 4.42. The topological polar surface area (TPSA) is 37.3 Å². The van der Waals surface area contributed by atoms with E-state index in [-0.39, 0.29) is 6.10 Å². The molecule has 0 aromatic heterocycles. The molecule has 1 aliphatic carbocycles. The second kappa shape index (κ2) is 4.87. The monoisotopic (exact) mass is 188 g/mol. The van der Waals surface area contributed by atoms with Crippen molar-refractivity contribution >= 4 is 17.5 Å². The molecule has 0 aromatic carbocycles. The van der Waals surface area contributed by atoms with Gasteiger partial charge in [0, 0.05) is 18.6 Å². The third kappa shape index (κ3) is 2.79. The molecule has 70 valence electrons. The highest BCUT2D eigenvalue weighted by molar-refractivity contribution is 7.98. The van der Waals surface area contributed by atoms with E-state index >= 15 is 0 Å². The Morgan fingerprint density at radius 2 is 2.17 bits per heavy atom. The van der Waals surface area contributed by atoms with Gasteiger partial charge >= 0.3 is 0 Å². The zero-order chi connectivity index (χ0) is 8.97. The van der Waals surface area contributed by atoms with Gasteiger partial charge in [0.25, 0.3) is 0 Å². The fourth-order valence-electron chi connectivity index (χ4n) is 1.65. The van der Waals surface area contributed by atoms with Gasteiger partial charge in [-0.15, -0.1) is 0 Å². The third-order valence-corrected chi connectivity index (χ3v) is 3.14. The van der Waals surface area contributed by atoms with Crippen molar-refractivity contribution in [3.05, 3.63) is 0 Å². The summed E-state index contributed by atoms with van der Waals surface area (Å²) in [6.45, 7) is 0. The number of Topliss-reactive ketones (excluding diaryl/α,β-unsaturated/α-hetero) is 1. The third-order valence-electron chi connectivity index (χ3n) is 2.47. The number of carbonyl (C=O) groups excluding carboxylic acids is 1. The van der Waals surface area contributed by atoms with E-state index in [0.717, 1.165) is 18.6 Å². The lowest BCUT2D eigenvalue weighted by Gasteiger charge is -2.25. The Balaban J connectivity index is 2.28. The van der Waals surface area contributed by atoms with Crippen molar-refractivity contribution in [2.24, 2.45) is 5.92 Å². The van der Waals surface area contributed by atoms with Crippen LogP contribution in [0.25, 0.3) is 0 Å². The summed E-state index contributed by atoms with van der Waals surface area (Å²) in [5, 5.41) is 9.63. The summed E-state index contributed by atoms with van der Waals surface area (Å²) >= 11 is 1.67. The van der Waals surface area contributed by atoms with Gasteiger partial charge in [0.1, 0.15) is 5.78 Å². The molecule has 1 N–H and O–H groups in total. The van der Waals surface area contributed by atoms with Gasteiger partial charge in [0.15, 0.2) is 0 Å². The minimum absolute atomic E-state index is 0.201. The lowest BCUT2D eigenvalue weighted by molar-refractivity contribution is -0.121. The fraction of sp³-hybridized carbons (Fsp3) is 0.889. The second-order valence-electron chi connectivity index (χ2n) is 3.40. The average Bonchev–Trinajstić information content (AvgIpc) is 2.06. The van der Waals surface area contributed by atoms with Gasteiger partial charge in [-0.2, -0.15) is 11.8 Å². The summed E-state index contributed by atoms with van der Waals surface area (Å²) < 4.78 is 0. The molecule has 1 aliphatic rings. The predicted octanol–water partition coefficient (Wildman–Crippen LogP) is 1.47. The molecule has 2 nitrogen and oxygen atoms in total. The first kappa shape index (κ1) is 10.1. The zero-order valence-electron chi connectivity index (χ0n) is 7.45. The van der Waals surface area contributed by atoms with Crippen molar-refractivity contribution in [1.29, 1.82) is 0 Å². The first-order valence-corrected chi connectivity index (χ1v) is 5.82. The van der Waals surface area contributed by atoms with Crippen LogP contribution >= 0.6 is 11.8 Å². The number of aliphatic hydroxyl groups is 1. The molecule has 1 atom stereocenters. The fourth-order valence-corrected chi connectivity index (χ4v) is 2.27. The van der Waals surface area contributed by atoms with Crippen LogP contribution in [0, 0.1) is 5.92 Å². The van der Waals surface area contributed by atoms with Crippen molar-refractivity contribution in [3.8, 4) is 0 Å². The van der Waals surface area contributed by atoms with Crippen LogP contribution in [0.5, 0.6) is 0 Å². The van der Waals surface area contributed by atoms with Crippen LogP contribution in [-0.2, 0) is 4.79 Å². The lowest BCUT2D eigenvalue weighted by atomic mass is 9.85. The summed E-state index contributed by atoms with van der Waals surface area (Å²) in [6.07, 6.45) is 4.93. The minimum atomic E-state index is -0.201. The molecule has 0 radical (unpaired) electrons. The van der Waals surface area contributed by atoms with Gasteiger partial charge in [0.2, 0.25) is 0 Å². The summed E-state index contributed by atoms with van der Waals surface area (Å²) in [5.74, 6) is 1.54. The maximum Gasteiger partial charge on any atom is 0.132 e. The van der Waals surface area contributed by atoms with E-state index in [1.165, 1.54) is 0 Å². The maximum atomic E-state index is 10.9. The molecular formula is C9H16O2S. The van der Waals surface area contributed by atoms with Gasteiger partial charge in [-0.05, 0) is 25.0 Å². The number of hydrogen-bond donors (Lipinski definition) is 1. The van der Waals surface area contributed by atoms with Crippen LogP contribution in [0.2, 0.25) is 0 Å². The average molecular weight is 188 g/mol. The van der Waals surface area contributed by atoms with Crippen LogP contribution in [-0.4, -0.2) is 29.0 Å². The lowest BCUT2D eigenvalue weighted by Crippen LogP contribution is -2.27. The van der Waals surface area contributed by atoms with Crippen LogP contribution in [0.4, 0.5) is 0 Å². The van der Waals surface area contributed by atoms with Crippen molar-refractivity contribution in [2.45, 2.75) is 31.8 Å². The van der Waals surface area contributed by atoms with E-state index in [9.17, 15) is 9.90 Å². The van der Waals surface area contributed by atoms with Crippen molar-refractivity contribution < 1.29 is 9.90 Å². The molecule has 3 heteroatoms. The van der Waals surface area contributed by atoms with E-state index < -0.39 is 0 Å². The summed E-state index contributed by atoms with van der Waals surface area (Å²) in [5.41, 5.74) is 0. The minimum Gasteiger partial charge on any atom is -0.392 e. The van der Waals surface area contributed by atoms with Crippen molar-refractivity contribution in [1.82, 2.24) is 0 Å². The molecule has 0 amide bonds. The summed E-state index contributed by atoms with van der Waals surface area (Å²) in [6, 6.07) is 0. The summed E-state index contributed by atoms with van der Waals surface area (Å²) in [4.78, 5) is 10.9.